The molecule has 2 aromatic rings. The van der Waals surface area contributed by atoms with Gasteiger partial charge in [0.05, 0.1) is 23.9 Å². The summed E-state index contributed by atoms with van der Waals surface area (Å²) in [6.07, 6.45) is 5.04. The zero-order valence-corrected chi connectivity index (χ0v) is 18.2. The maximum Gasteiger partial charge on any atom is 0.435 e. The minimum absolute atomic E-state index is 0.196. The van der Waals surface area contributed by atoms with Crippen LogP contribution in [0.1, 0.15) is 50.6 Å². The molecule has 0 radical (unpaired) electrons. The maximum atomic E-state index is 13.5. The molecule has 0 aromatic carbocycles. The SMILES string of the molecule is O=C1N(C2CCC(O)CC2)CC[C@@]12CCCN(c1ncc(-n3ccc(C(F)(F)F)n3)cn1)C2. The van der Waals surface area contributed by atoms with Gasteiger partial charge in [0.2, 0.25) is 11.9 Å². The molecule has 3 fully saturated rings. The van der Waals surface area contributed by atoms with E-state index in [-0.39, 0.29) is 18.1 Å². The van der Waals surface area contributed by atoms with Gasteiger partial charge in [0.15, 0.2) is 5.69 Å². The Labute approximate surface area is 189 Å². The van der Waals surface area contributed by atoms with Gasteiger partial charge in [0, 0.05) is 31.9 Å². The summed E-state index contributed by atoms with van der Waals surface area (Å²) in [7, 11) is 0. The number of hydrogen-bond donors (Lipinski definition) is 1. The molecule has 33 heavy (non-hydrogen) atoms. The molecule has 178 valence electrons. The first-order chi connectivity index (χ1) is 15.7. The lowest BCUT2D eigenvalue weighted by molar-refractivity contribution is -0.141. The number of nitrogens with zero attached hydrogens (tertiary/aromatic N) is 6. The lowest BCUT2D eigenvalue weighted by Gasteiger charge is -2.40. The van der Waals surface area contributed by atoms with E-state index in [0.717, 1.165) is 68.8 Å². The molecule has 1 atom stereocenters. The highest BCUT2D eigenvalue weighted by molar-refractivity contribution is 5.86. The predicted molar refractivity (Wildman–Crippen MR) is 113 cm³/mol. The molecule has 2 aliphatic heterocycles. The van der Waals surface area contributed by atoms with Gasteiger partial charge in [0.1, 0.15) is 5.69 Å². The van der Waals surface area contributed by atoms with Crippen LogP contribution in [0.4, 0.5) is 19.1 Å². The summed E-state index contributed by atoms with van der Waals surface area (Å²) in [5, 5.41) is 13.3. The second kappa shape index (κ2) is 8.27. The van der Waals surface area contributed by atoms with Crippen LogP contribution < -0.4 is 4.90 Å². The fourth-order valence-corrected chi connectivity index (χ4v) is 5.46. The van der Waals surface area contributed by atoms with Gasteiger partial charge in [-0.15, -0.1) is 0 Å². The first-order valence-corrected chi connectivity index (χ1v) is 11.4. The molecule has 0 bridgehead atoms. The molecule has 4 heterocycles. The molecule has 2 saturated heterocycles. The van der Waals surface area contributed by atoms with Crippen molar-refractivity contribution >= 4 is 11.9 Å². The minimum Gasteiger partial charge on any atom is -0.393 e. The second-order valence-electron chi connectivity index (χ2n) is 9.40. The Morgan fingerprint density at radius 1 is 1.06 bits per heavy atom. The molecule has 1 amide bonds. The number of anilines is 1. The van der Waals surface area contributed by atoms with Gasteiger partial charge in [-0.1, -0.05) is 0 Å². The van der Waals surface area contributed by atoms with Crippen molar-refractivity contribution in [3.05, 3.63) is 30.4 Å². The van der Waals surface area contributed by atoms with Crippen LogP contribution in [0.15, 0.2) is 24.7 Å². The fourth-order valence-electron chi connectivity index (χ4n) is 5.46. The number of carbonyl (C=O) groups excluding carboxylic acids is 1. The molecular formula is C22H27F3N6O2. The van der Waals surface area contributed by atoms with Gasteiger partial charge in [0.25, 0.3) is 0 Å². The van der Waals surface area contributed by atoms with E-state index < -0.39 is 17.3 Å². The average Bonchev–Trinajstić information content (AvgIpc) is 3.42. The molecule has 0 unspecified atom stereocenters. The Morgan fingerprint density at radius 2 is 1.79 bits per heavy atom. The topological polar surface area (TPSA) is 87.4 Å². The lowest BCUT2D eigenvalue weighted by atomic mass is 9.78. The number of hydrogen-bond acceptors (Lipinski definition) is 6. The number of carbonyl (C=O) groups is 1. The first-order valence-electron chi connectivity index (χ1n) is 11.4. The summed E-state index contributed by atoms with van der Waals surface area (Å²) in [5.74, 6) is 0.662. The van der Waals surface area contributed by atoms with Crippen molar-refractivity contribution < 1.29 is 23.1 Å². The van der Waals surface area contributed by atoms with E-state index in [1.807, 2.05) is 9.80 Å². The highest BCUT2D eigenvalue weighted by atomic mass is 19.4. The van der Waals surface area contributed by atoms with Gasteiger partial charge in [-0.3, -0.25) is 4.79 Å². The summed E-state index contributed by atoms with van der Waals surface area (Å²) in [6.45, 7) is 2.01. The van der Waals surface area contributed by atoms with E-state index in [2.05, 4.69) is 15.1 Å². The lowest BCUT2D eigenvalue weighted by Crippen LogP contribution is -2.50. The summed E-state index contributed by atoms with van der Waals surface area (Å²) < 4.78 is 39.5. The van der Waals surface area contributed by atoms with Crippen LogP contribution in [0.25, 0.3) is 5.69 Å². The zero-order chi connectivity index (χ0) is 23.2. The number of likely N-dealkylation sites (tertiary alicyclic amines) is 1. The molecule has 5 rings (SSSR count). The van der Waals surface area contributed by atoms with Crippen molar-refractivity contribution in [3.63, 3.8) is 0 Å². The van der Waals surface area contributed by atoms with Gasteiger partial charge >= 0.3 is 6.18 Å². The van der Waals surface area contributed by atoms with Gasteiger partial charge in [-0.2, -0.15) is 18.3 Å². The Bertz CT molecular complexity index is 1000. The number of piperidine rings is 1. The molecule has 1 saturated carbocycles. The number of aliphatic hydroxyl groups excluding tert-OH is 1. The molecular weight excluding hydrogens is 437 g/mol. The average molecular weight is 464 g/mol. The van der Waals surface area contributed by atoms with Crippen molar-refractivity contribution in [2.24, 2.45) is 5.41 Å². The molecule has 1 N–H and O–H groups in total. The summed E-state index contributed by atoms with van der Waals surface area (Å²) in [4.78, 5) is 26.2. The molecule has 1 aliphatic carbocycles. The second-order valence-corrected chi connectivity index (χ2v) is 9.40. The van der Waals surface area contributed by atoms with Crippen LogP contribution in [0.2, 0.25) is 0 Å². The van der Waals surface area contributed by atoms with Crippen LogP contribution in [0, 0.1) is 5.41 Å². The molecule has 2 aromatic heterocycles. The van der Waals surface area contributed by atoms with Crippen LogP contribution in [0.5, 0.6) is 0 Å². The van der Waals surface area contributed by atoms with E-state index in [1.54, 1.807) is 0 Å². The van der Waals surface area contributed by atoms with E-state index in [4.69, 9.17) is 0 Å². The van der Waals surface area contributed by atoms with Crippen LogP contribution in [0.3, 0.4) is 0 Å². The van der Waals surface area contributed by atoms with E-state index in [0.29, 0.717) is 18.2 Å². The zero-order valence-electron chi connectivity index (χ0n) is 18.2. The molecule has 1 spiro atoms. The standard InChI is InChI=1S/C22H27F3N6O2/c23-22(24,25)18-6-10-31(28-18)16-12-26-20(27-13-16)29-9-1-7-21(14-29)8-11-30(19(21)33)15-2-4-17(32)5-3-15/h6,10,12-13,15,17,32H,1-5,7-9,11,14H2/t15?,17?,21-/m1/s1. The number of amides is 1. The van der Waals surface area contributed by atoms with Crippen molar-refractivity contribution in [2.45, 2.75) is 63.3 Å². The first kappa shape index (κ1) is 22.1. The molecule has 8 nitrogen and oxygen atoms in total. The van der Waals surface area contributed by atoms with Crippen molar-refractivity contribution in [3.8, 4) is 5.69 Å². The van der Waals surface area contributed by atoms with E-state index in [9.17, 15) is 23.1 Å². The predicted octanol–water partition coefficient (Wildman–Crippen LogP) is 2.80. The molecule has 11 heteroatoms. The van der Waals surface area contributed by atoms with Crippen LogP contribution in [-0.4, -0.2) is 67.4 Å². The summed E-state index contributed by atoms with van der Waals surface area (Å²) >= 11 is 0. The Kier molecular flexibility index (Phi) is 5.54. The van der Waals surface area contributed by atoms with Crippen molar-refractivity contribution in [1.29, 1.82) is 0 Å². The Morgan fingerprint density at radius 3 is 2.45 bits per heavy atom. The third-order valence-electron chi connectivity index (χ3n) is 7.28. The summed E-state index contributed by atoms with van der Waals surface area (Å²) in [5.41, 5.74) is -1.08. The highest BCUT2D eigenvalue weighted by Gasteiger charge is 2.51. The van der Waals surface area contributed by atoms with Crippen molar-refractivity contribution in [1.82, 2.24) is 24.6 Å². The third-order valence-corrected chi connectivity index (χ3v) is 7.28. The number of halogens is 3. The highest BCUT2D eigenvalue weighted by Crippen LogP contribution is 2.43. The van der Waals surface area contributed by atoms with Gasteiger partial charge in [-0.05, 0) is 51.0 Å². The Balaban J connectivity index is 1.28. The minimum atomic E-state index is -4.51. The fraction of sp³-hybridized carbons (Fsp3) is 0.636. The number of aliphatic hydroxyl groups is 1. The van der Waals surface area contributed by atoms with Crippen molar-refractivity contribution in [2.75, 3.05) is 24.5 Å². The third kappa shape index (κ3) is 4.18. The van der Waals surface area contributed by atoms with E-state index >= 15 is 0 Å². The summed E-state index contributed by atoms with van der Waals surface area (Å²) in [6, 6.07) is 1.12. The van der Waals surface area contributed by atoms with Crippen LogP contribution >= 0.6 is 0 Å². The van der Waals surface area contributed by atoms with Gasteiger partial charge < -0.3 is 14.9 Å². The van der Waals surface area contributed by atoms with E-state index in [1.165, 1.54) is 18.6 Å². The Hall–Kier alpha value is -2.69. The smallest absolute Gasteiger partial charge is 0.393 e. The number of rotatable bonds is 3. The quantitative estimate of drug-likeness (QED) is 0.752. The monoisotopic (exact) mass is 464 g/mol. The van der Waals surface area contributed by atoms with Gasteiger partial charge in [-0.25, -0.2) is 14.6 Å². The maximum absolute atomic E-state index is 13.5. The largest absolute Gasteiger partial charge is 0.435 e. The normalized spacial score (nSPS) is 28.7. The molecule has 3 aliphatic rings. The number of aromatic nitrogens is 4. The number of alkyl halides is 3. The van der Waals surface area contributed by atoms with Crippen LogP contribution in [-0.2, 0) is 11.0 Å².